The molecule has 0 aliphatic heterocycles. The van der Waals surface area contributed by atoms with E-state index < -0.39 is 0 Å². The predicted molar refractivity (Wildman–Crippen MR) is 89.8 cm³/mol. The van der Waals surface area contributed by atoms with E-state index in [-0.39, 0.29) is 6.61 Å². The molecule has 0 spiro atoms. The molecule has 5 heteroatoms. The molecule has 0 amide bonds. The summed E-state index contributed by atoms with van der Waals surface area (Å²) in [4.78, 5) is 3.97. The highest BCUT2D eigenvalue weighted by Gasteiger charge is 2.12. The topological polar surface area (TPSA) is 55.5 Å². The Morgan fingerprint density at radius 2 is 1.95 bits per heavy atom. The molecule has 2 aromatic heterocycles. The van der Waals surface area contributed by atoms with E-state index in [1.807, 2.05) is 38.1 Å². The first kappa shape index (κ1) is 16.5. The van der Waals surface area contributed by atoms with Gasteiger partial charge in [0.25, 0.3) is 0 Å². The van der Waals surface area contributed by atoms with Crippen molar-refractivity contribution in [2.45, 2.75) is 27.1 Å². The molecule has 0 fully saturated rings. The minimum absolute atomic E-state index is 0.0623. The second-order valence-electron chi connectivity index (χ2n) is 4.34. The van der Waals surface area contributed by atoms with Crippen LogP contribution in [0.15, 0.2) is 51.8 Å². The molecule has 0 radical (unpaired) electrons. The van der Waals surface area contributed by atoms with E-state index in [0.717, 1.165) is 21.0 Å². The number of furan rings is 1. The number of ether oxygens (including phenoxy) is 1. The molecule has 3 rings (SSSR count). The van der Waals surface area contributed by atoms with Crippen molar-refractivity contribution in [1.29, 1.82) is 0 Å². The summed E-state index contributed by atoms with van der Waals surface area (Å²) in [7, 11) is 0. The number of fused-ring (bicyclic) bond motifs is 1. The molecule has 1 N–H and O–H groups in total. The molecule has 1 aromatic carbocycles. The normalized spacial score (nSPS) is 10.2. The van der Waals surface area contributed by atoms with Gasteiger partial charge in [-0.3, -0.25) is 4.98 Å². The molecule has 0 aliphatic rings. The van der Waals surface area contributed by atoms with Crippen molar-refractivity contribution in [1.82, 2.24) is 4.98 Å². The lowest BCUT2D eigenvalue weighted by atomic mass is 10.2. The van der Waals surface area contributed by atoms with E-state index in [9.17, 15) is 5.11 Å². The number of hydrogen-bond donors (Lipinski definition) is 1. The lowest BCUT2D eigenvalue weighted by Gasteiger charge is -2.07. The number of aliphatic hydroxyl groups excluding tert-OH is 1. The molecule has 3 aromatic rings. The Balaban J connectivity index is 0.000000847. The van der Waals surface area contributed by atoms with E-state index in [1.54, 1.807) is 18.7 Å². The molecule has 4 nitrogen and oxygen atoms in total. The molecule has 22 heavy (non-hydrogen) atoms. The summed E-state index contributed by atoms with van der Waals surface area (Å²) in [6.07, 6.45) is 5.01. The zero-order valence-corrected chi connectivity index (χ0v) is 14.1. The smallest absolute Gasteiger partial charge is 0.176 e. The number of hydrogen-bond acceptors (Lipinski definition) is 4. The highest BCUT2D eigenvalue weighted by atomic mass is 79.9. The van der Waals surface area contributed by atoms with Crippen LogP contribution in [0.1, 0.15) is 25.0 Å². The molecule has 0 aliphatic carbocycles. The third-order valence-corrected chi connectivity index (χ3v) is 3.46. The molecule has 0 unspecified atom stereocenters. The summed E-state index contributed by atoms with van der Waals surface area (Å²) >= 11 is 3.44. The van der Waals surface area contributed by atoms with Gasteiger partial charge in [0.1, 0.15) is 6.61 Å². The quantitative estimate of drug-likeness (QED) is 0.730. The molecular weight excluding hydrogens is 346 g/mol. The third kappa shape index (κ3) is 3.67. The Hall–Kier alpha value is -1.85. The fourth-order valence-corrected chi connectivity index (χ4v) is 2.43. The second kappa shape index (κ2) is 7.96. The van der Waals surface area contributed by atoms with Crippen LogP contribution in [-0.2, 0) is 13.2 Å². The number of pyridine rings is 1. The average Bonchev–Trinajstić information content (AvgIpc) is 2.98. The van der Waals surface area contributed by atoms with Crippen molar-refractivity contribution in [3.8, 4) is 5.75 Å². The molecule has 2 heterocycles. The van der Waals surface area contributed by atoms with Crippen molar-refractivity contribution in [2.75, 3.05) is 0 Å². The first-order valence-corrected chi connectivity index (χ1v) is 7.89. The Morgan fingerprint density at radius 3 is 2.64 bits per heavy atom. The molecular formula is C17H18BrNO3. The van der Waals surface area contributed by atoms with Gasteiger partial charge in [0, 0.05) is 27.8 Å². The minimum atomic E-state index is -0.0623. The Kier molecular flexibility index (Phi) is 5.98. The number of nitrogens with zero attached hydrogens (tertiary/aromatic N) is 1. The monoisotopic (exact) mass is 363 g/mol. The van der Waals surface area contributed by atoms with Gasteiger partial charge in [-0.1, -0.05) is 29.8 Å². The molecule has 0 saturated carbocycles. The van der Waals surface area contributed by atoms with Gasteiger partial charge in [0.2, 0.25) is 0 Å². The Morgan fingerprint density at radius 1 is 1.23 bits per heavy atom. The van der Waals surface area contributed by atoms with Crippen LogP contribution in [0.25, 0.3) is 11.0 Å². The highest BCUT2D eigenvalue weighted by molar-refractivity contribution is 9.10. The van der Waals surface area contributed by atoms with Gasteiger partial charge in [-0.2, -0.15) is 0 Å². The fraction of sp³-hybridized carbons (Fsp3) is 0.235. The number of halogens is 1. The second-order valence-corrected chi connectivity index (χ2v) is 5.26. The van der Waals surface area contributed by atoms with Gasteiger partial charge < -0.3 is 14.3 Å². The number of benzene rings is 1. The Bertz CT molecular complexity index is 725. The van der Waals surface area contributed by atoms with E-state index in [1.165, 1.54) is 0 Å². The van der Waals surface area contributed by atoms with E-state index in [2.05, 4.69) is 20.9 Å². The van der Waals surface area contributed by atoms with Crippen LogP contribution in [-0.4, -0.2) is 10.1 Å². The van der Waals surface area contributed by atoms with Gasteiger partial charge in [0.15, 0.2) is 11.3 Å². The minimum Gasteiger partial charge on any atom is -0.485 e. The maximum absolute atomic E-state index is 9.29. The molecule has 116 valence electrons. The summed E-state index contributed by atoms with van der Waals surface area (Å²) in [6.45, 7) is 4.37. The van der Waals surface area contributed by atoms with E-state index in [0.29, 0.717) is 17.9 Å². The van der Waals surface area contributed by atoms with Gasteiger partial charge >= 0.3 is 0 Å². The predicted octanol–water partition coefficient (Wildman–Crippen LogP) is 4.69. The van der Waals surface area contributed by atoms with Crippen LogP contribution in [0.4, 0.5) is 0 Å². The highest BCUT2D eigenvalue weighted by Crippen LogP contribution is 2.34. The fourth-order valence-electron chi connectivity index (χ4n) is 1.99. The van der Waals surface area contributed by atoms with Crippen LogP contribution >= 0.6 is 15.9 Å². The molecule has 0 bridgehead atoms. The number of rotatable bonds is 4. The first-order valence-electron chi connectivity index (χ1n) is 7.10. The summed E-state index contributed by atoms with van der Waals surface area (Å²) in [5.41, 5.74) is 2.42. The van der Waals surface area contributed by atoms with Crippen LogP contribution in [0.3, 0.4) is 0 Å². The molecule has 0 atom stereocenters. The number of aromatic nitrogens is 1. The lowest BCUT2D eigenvalue weighted by molar-refractivity contribution is 0.281. The van der Waals surface area contributed by atoms with Crippen molar-refractivity contribution in [3.63, 3.8) is 0 Å². The Labute approximate surface area is 137 Å². The molecule has 0 saturated heterocycles. The van der Waals surface area contributed by atoms with Crippen molar-refractivity contribution < 1.29 is 14.3 Å². The van der Waals surface area contributed by atoms with Crippen molar-refractivity contribution >= 4 is 26.9 Å². The standard InChI is InChI=1S/C15H12BrNO3.C2H6/c16-12-5-13-11(7-18)9-20-15(13)14(6-12)19-8-10-1-3-17-4-2-10;1-2/h1-6,9,18H,7-8H2;1-2H3. The van der Waals surface area contributed by atoms with Crippen LogP contribution < -0.4 is 4.74 Å². The van der Waals surface area contributed by atoms with Gasteiger partial charge in [-0.05, 0) is 29.8 Å². The van der Waals surface area contributed by atoms with E-state index >= 15 is 0 Å². The van der Waals surface area contributed by atoms with Crippen LogP contribution in [0.2, 0.25) is 0 Å². The van der Waals surface area contributed by atoms with Crippen LogP contribution in [0, 0.1) is 0 Å². The summed E-state index contributed by atoms with van der Waals surface area (Å²) in [5, 5.41) is 10.1. The zero-order chi connectivity index (χ0) is 15.9. The van der Waals surface area contributed by atoms with Gasteiger partial charge in [-0.15, -0.1) is 0 Å². The third-order valence-electron chi connectivity index (χ3n) is 3.00. The SMILES string of the molecule is CC.OCc1coc2c(OCc3ccncc3)cc(Br)cc12. The average molecular weight is 364 g/mol. The zero-order valence-electron chi connectivity index (χ0n) is 12.5. The van der Waals surface area contributed by atoms with Gasteiger partial charge in [0.05, 0.1) is 12.9 Å². The summed E-state index contributed by atoms with van der Waals surface area (Å²) in [6, 6.07) is 7.56. The van der Waals surface area contributed by atoms with Crippen LogP contribution in [0.5, 0.6) is 5.75 Å². The number of aliphatic hydroxyl groups is 1. The van der Waals surface area contributed by atoms with Gasteiger partial charge in [-0.25, -0.2) is 0 Å². The van der Waals surface area contributed by atoms with Crippen molar-refractivity contribution in [3.05, 3.63) is 58.5 Å². The maximum atomic E-state index is 9.29. The lowest BCUT2D eigenvalue weighted by Crippen LogP contribution is -1.96. The first-order chi connectivity index (χ1) is 10.8. The van der Waals surface area contributed by atoms with Crippen molar-refractivity contribution in [2.24, 2.45) is 0 Å². The summed E-state index contributed by atoms with van der Waals surface area (Å²) in [5.74, 6) is 0.644. The maximum Gasteiger partial charge on any atom is 0.176 e. The summed E-state index contributed by atoms with van der Waals surface area (Å²) < 4.78 is 12.2. The van der Waals surface area contributed by atoms with E-state index in [4.69, 9.17) is 9.15 Å². The largest absolute Gasteiger partial charge is 0.485 e.